The van der Waals surface area contributed by atoms with Crippen LogP contribution in [-0.4, -0.2) is 47.0 Å². The molecule has 2 aliphatic heterocycles. The molecule has 5 rings (SSSR count). The molecule has 0 amide bonds. The molecule has 0 bridgehead atoms. The van der Waals surface area contributed by atoms with Crippen LogP contribution in [0.1, 0.15) is 16.8 Å². The molecule has 4 heterocycles. The molecule has 0 spiro atoms. The number of aryl methyl sites for hydroxylation is 1. The minimum atomic E-state index is -1.16. The summed E-state index contributed by atoms with van der Waals surface area (Å²) in [7, 11) is 0. The van der Waals surface area contributed by atoms with Crippen molar-refractivity contribution in [3.05, 3.63) is 59.3 Å². The SMILES string of the molecule is Cc1cn2cc(C3=Cc4ccc(N5CCNCC5)cc4OC3O)cc(F)c2n1. The second kappa shape index (κ2) is 6.61. The molecule has 28 heavy (non-hydrogen) atoms. The zero-order valence-electron chi connectivity index (χ0n) is 15.5. The lowest BCUT2D eigenvalue weighted by atomic mass is 10.00. The molecular formula is C21H21FN4O2. The smallest absolute Gasteiger partial charge is 0.224 e. The van der Waals surface area contributed by atoms with Crippen molar-refractivity contribution in [1.29, 1.82) is 0 Å². The normalized spacial score (nSPS) is 19.3. The van der Waals surface area contributed by atoms with Crippen molar-refractivity contribution < 1.29 is 14.2 Å². The lowest BCUT2D eigenvalue weighted by molar-refractivity contribution is 0.0320. The average molecular weight is 380 g/mol. The number of aliphatic hydroxyl groups excluding tert-OH is 1. The predicted molar refractivity (Wildman–Crippen MR) is 106 cm³/mol. The Bertz CT molecular complexity index is 1090. The quantitative estimate of drug-likeness (QED) is 0.715. The fourth-order valence-corrected chi connectivity index (χ4v) is 3.85. The number of hydrogen-bond acceptors (Lipinski definition) is 5. The first-order valence-corrected chi connectivity index (χ1v) is 9.40. The van der Waals surface area contributed by atoms with Gasteiger partial charge in [0.2, 0.25) is 6.29 Å². The molecule has 7 heteroatoms. The molecule has 0 aliphatic carbocycles. The Hall–Kier alpha value is -2.90. The number of ether oxygens (including phenoxy) is 1. The van der Waals surface area contributed by atoms with Gasteiger partial charge in [-0.25, -0.2) is 9.37 Å². The number of hydrogen-bond donors (Lipinski definition) is 2. The highest BCUT2D eigenvalue weighted by Crippen LogP contribution is 2.36. The first-order chi connectivity index (χ1) is 13.6. The highest BCUT2D eigenvalue weighted by atomic mass is 19.1. The summed E-state index contributed by atoms with van der Waals surface area (Å²) in [6.07, 6.45) is 4.21. The van der Waals surface area contributed by atoms with Gasteiger partial charge in [0, 0.05) is 67.0 Å². The number of halogens is 1. The van der Waals surface area contributed by atoms with Crippen LogP contribution in [0.4, 0.5) is 10.1 Å². The van der Waals surface area contributed by atoms with Crippen molar-refractivity contribution in [2.45, 2.75) is 13.2 Å². The Kier molecular flexibility index (Phi) is 4.07. The monoisotopic (exact) mass is 380 g/mol. The Labute approximate surface area is 161 Å². The van der Waals surface area contributed by atoms with Crippen LogP contribution in [0, 0.1) is 12.7 Å². The second-order valence-electron chi connectivity index (χ2n) is 7.22. The van der Waals surface area contributed by atoms with Crippen molar-refractivity contribution in [1.82, 2.24) is 14.7 Å². The van der Waals surface area contributed by atoms with E-state index >= 15 is 0 Å². The summed E-state index contributed by atoms with van der Waals surface area (Å²) in [5, 5.41) is 13.9. The zero-order chi connectivity index (χ0) is 19.3. The molecule has 2 N–H and O–H groups in total. The Morgan fingerprint density at radius 1 is 1.21 bits per heavy atom. The van der Waals surface area contributed by atoms with Crippen molar-refractivity contribution in [2.24, 2.45) is 0 Å². The number of nitrogens with zero attached hydrogens (tertiary/aromatic N) is 3. The fourth-order valence-electron chi connectivity index (χ4n) is 3.85. The predicted octanol–water partition coefficient (Wildman–Crippen LogP) is 2.44. The van der Waals surface area contributed by atoms with E-state index in [1.807, 2.05) is 25.1 Å². The van der Waals surface area contributed by atoms with Crippen LogP contribution in [0.3, 0.4) is 0 Å². The first kappa shape index (κ1) is 17.2. The van der Waals surface area contributed by atoms with Gasteiger partial charge in [-0.1, -0.05) is 0 Å². The van der Waals surface area contributed by atoms with Crippen LogP contribution < -0.4 is 15.0 Å². The Balaban J connectivity index is 1.53. The van der Waals surface area contributed by atoms with E-state index in [9.17, 15) is 9.50 Å². The van der Waals surface area contributed by atoms with E-state index in [1.165, 1.54) is 6.07 Å². The summed E-state index contributed by atoms with van der Waals surface area (Å²) in [5.41, 5.74) is 4.03. The molecule has 6 nitrogen and oxygen atoms in total. The van der Waals surface area contributed by atoms with Gasteiger partial charge < -0.3 is 24.5 Å². The number of pyridine rings is 1. The van der Waals surface area contributed by atoms with Gasteiger partial charge in [-0.15, -0.1) is 0 Å². The molecule has 1 aromatic carbocycles. The van der Waals surface area contributed by atoms with Crippen LogP contribution in [0.25, 0.3) is 17.3 Å². The number of nitrogens with one attached hydrogen (secondary N) is 1. The molecule has 2 aliphatic rings. The standard InChI is InChI=1S/C21H21FN4O2/c1-13-11-26-12-15(9-18(22)20(26)24-13)17-8-14-2-3-16(10-19(14)28-21(17)27)25-6-4-23-5-7-25/h2-3,8-12,21,23,27H,4-7H2,1H3. The van der Waals surface area contributed by atoms with Crippen LogP contribution in [-0.2, 0) is 0 Å². The second-order valence-corrected chi connectivity index (χ2v) is 7.22. The molecule has 1 fully saturated rings. The number of benzene rings is 1. The highest BCUT2D eigenvalue weighted by molar-refractivity contribution is 5.87. The van der Waals surface area contributed by atoms with E-state index in [-0.39, 0.29) is 5.65 Å². The van der Waals surface area contributed by atoms with Gasteiger partial charge >= 0.3 is 0 Å². The van der Waals surface area contributed by atoms with Crippen molar-refractivity contribution >= 4 is 23.0 Å². The van der Waals surface area contributed by atoms with E-state index in [2.05, 4.69) is 21.3 Å². The van der Waals surface area contributed by atoms with Gasteiger partial charge in [-0.3, -0.25) is 0 Å². The number of piperazine rings is 1. The topological polar surface area (TPSA) is 62.0 Å². The van der Waals surface area contributed by atoms with E-state index in [0.29, 0.717) is 16.9 Å². The number of aliphatic hydroxyl groups is 1. The fraction of sp³-hybridized carbons (Fsp3) is 0.286. The third kappa shape index (κ3) is 2.93. The van der Waals surface area contributed by atoms with E-state index in [1.54, 1.807) is 16.8 Å². The molecule has 0 saturated carbocycles. The van der Waals surface area contributed by atoms with Gasteiger partial charge in [0.05, 0.1) is 5.69 Å². The average Bonchev–Trinajstić information content (AvgIpc) is 3.08. The number of imidazole rings is 1. The van der Waals surface area contributed by atoms with Gasteiger partial charge in [-0.2, -0.15) is 0 Å². The van der Waals surface area contributed by atoms with Crippen LogP contribution in [0.15, 0.2) is 36.7 Å². The first-order valence-electron chi connectivity index (χ1n) is 9.40. The number of anilines is 1. The summed E-state index contributed by atoms with van der Waals surface area (Å²) >= 11 is 0. The van der Waals surface area contributed by atoms with Gasteiger partial charge in [0.1, 0.15) is 5.75 Å². The van der Waals surface area contributed by atoms with Gasteiger partial charge in [-0.05, 0) is 31.2 Å². The van der Waals surface area contributed by atoms with Crippen LogP contribution in [0.2, 0.25) is 0 Å². The molecule has 144 valence electrons. The third-order valence-corrected chi connectivity index (χ3v) is 5.26. The summed E-state index contributed by atoms with van der Waals surface area (Å²) in [6, 6.07) is 7.39. The maximum atomic E-state index is 14.5. The van der Waals surface area contributed by atoms with E-state index in [4.69, 9.17) is 4.74 Å². The summed E-state index contributed by atoms with van der Waals surface area (Å²) in [5.74, 6) is 0.200. The van der Waals surface area contributed by atoms with Gasteiger partial charge in [0.15, 0.2) is 11.5 Å². The number of fused-ring (bicyclic) bond motifs is 2. The maximum Gasteiger partial charge on any atom is 0.224 e. The Morgan fingerprint density at radius 3 is 2.86 bits per heavy atom. The highest BCUT2D eigenvalue weighted by Gasteiger charge is 2.24. The molecule has 1 saturated heterocycles. The maximum absolute atomic E-state index is 14.5. The van der Waals surface area contributed by atoms with Gasteiger partial charge in [0.25, 0.3) is 0 Å². The van der Waals surface area contributed by atoms with E-state index in [0.717, 1.165) is 43.1 Å². The van der Waals surface area contributed by atoms with E-state index < -0.39 is 12.1 Å². The van der Waals surface area contributed by atoms with Crippen LogP contribution >= 0.6 is 0 Å². The third-order valence-electron chi connectivity index (χ3n) is 5.26. The number of aromatic nitrogens is 2. The molecular weight excluding hydrogens is 359 g/mol. The zero-order valence-corrected chi connectivity index (χ0v) is 15.5. The number of rotatable bonds is 2. The molecule has 2 aromatic heterocycles. The van der Waals surface area contributed by atoms with Crippen molar-refractivity contribution in [2.75, 3.05) is 31.1 Å². The summed E-state index contributed by atoms with van der Waals surface area (Å²) in [4.78, 5) is 6.46. The lowest BCUT2D eigenvalue weighted by Crippen LogP contribution is -2.43. The summed E-state index contributed by atoms with van der Waals surface area (Å²) in [6.45, 7) is 5.59. The largest absolute Gasteiger partial charge is 0.460 e. The molecule has 0 radical (unpaired) electrons. The summed E-state index contributed by atoms with van der Waals surface area (Å²) < 4.78 is 21.9. The van der Waals surface area contributed by atoms with Crippen LogP contribution in [0.5, 0.6) is 5.75 Å². The van der Waals surface area contributed by atoms with Crippen molar-refractivity contribution in [3.8, 4) is 5.75 Å². The Morgan fingerprint density at radius 2 is 2.04 bits per heavy atom. The molecule has 1 unspecified atom stereocenters. The lowest BCUT2D eigenvalue weighted by Gasteiger charge is -2.31. The minimum absolute atomic E-state index is 0.272. The molecule has 1 atom stereocenters. The van der Waals surface area contributed by atoms with Crippen molar-refractivity contribution in [3.63, 3.8) is 0 Å². The molecule has 3 aromatic rings. The minimum Gasteiger partial charge on any atom is -0.460 e.